The molecule has 0 bridgehead atoms. The lowest BCUT2D eigenvalue weighted by molar-refractivity contribution is 0.100. The number of benzene rings is 1. The number of anilines is 2. The molecule has 86 valence electrons. The number of para-hydroxylation sites is 1. The van der Waals surface area contributed by atoms with Crippen LogP contribution in [-0.2, 0) is 0 Å². The van der Waals surface area contributed by atoms with E-state index in [2.05, 4.69) is 10.3 Å². The number of rotatable bonds is 3. The molecule has 2 rings (SSSR count). The van der Waals surface area contributed by atoms with Crippen molar-refractivity contribution in [2.75, 3.05) is 5.32 Å². The molecule has 17 heavy (non-hydrogen) atoms. The highest BCUT2D eigenvalue weighted by Gasteiger charge is 2.06. The molecule has 2 aromatic rings. The molecule has 0 saturated carbocycles. The first-order chi connectivity index (χ1) is 8.16. The molecule has 0 aliphatic carbocycles. The van der Waals surface area contributed by atoms with Gasteiger partial charge >= 0.3 is 0 Å². The van der Waals surface area contributed by atoms with Crippen molar-refractivity contribution in [2.24, 2.45) is 5.73 Å². The van der Waals surface area contributed by atoms with E-state index in [1.807, 2.05) is 6.07 Å². The maximum Gasteiger partial charge on any atom is 0.250 e. The first-order valence-electron chi connectivity index (χ1n) is 4.94. The van der Waals surface area contributed by atoms with Crippen LogP contribution in [-0.4, -0.2) is 10.9 Å². The van der Waals surface area contributed by atoms with Crippen LogP contribution in [0.1, 0.15) is 10.4 Å². The summed E-state index contributed by atoms with van der Waals surface area (Å²) in [4.78, 5) is 15.1. The van der Waals surface area contributed by atoms with Crippen LogP contribution >= 0.6 is 11.6 Å². The Morgan fingerprint density at radius 2 is 2.00 bits per heavy atom. The van der Waals surface area contributed by atoms with Gasteiger partial charge in [0.05, 0.1) is 23.1 Å². The minimum atomic E-state index is -0.477. The molecule has 0 unspecified atom stereocenters. The molecule has 1 aromatic carbocycles. The van der Waals surface area contributed by atoms with Crippen molar-refractivity contribution in [3.05, 3.63) is 53.3 Å². The van der Waals surface area contributed by atoms with E-state index in [9.17, 15) is 4.79 Å². The predicted molar refractivity (Wildman–Crippen MR) is 67.5 cm³/mol. The second-order valence-corrected chi connectivity index (χ2v) is 3.79. The van der Waals surface area contributed by atoms with Crippen LogP contribution in [0.5, 0.6) is 0 Å². The SMILES string of the molecule is NC(=O)c1ccccc1Nc1ccc(Cl)nc1. The number of hydrogen-bond donors (Lipinski definition) is 2. The third kappa shape index (κ3) is 2.73. The molecule has 1 amide bonds. The van der Waals surface area contributed by atoms with E-state index < -0.39 is 5.91 Å². The van der Waals surface area contributed by atoms with Crippen LogP contribution in [0.3, 0.4) is 0 Å². The van der Waals surface area contributed by atoms with Crippen LogP contribution in [0.4, 0.5) is 11.4 Å². The number of carbonyl (C=O) groups is 1. The fraction of sp³-hybridized carbons (Fsp3) is 0. The Balaban J connectivity index is 2.30. The minimum Gasteiger partial charge on any atom is -0.366 e. The average molecular weight is 248 g/mol. The number of nitrogens with two attached hydrogens (primary N) is 1. The van der Waals surface area contributed by atoms with Crippen molar-refractivity contribution in [3.8, 4) is 0 Å². The van der Waals surface area contributed by atoms with Gasteiger partial charge in [0, 0.05) is 0 Å². The van der Waals surface area contributed by atoms with E-state index in [0.717, 1.165) is 5.69 Å². The van der Waals surface area contributed by atoms with Crippen molar-refractivity contribution >= 4 is 28.9 Å². The molecule has 0 atom stereocenters. The number of halogens is 1. The highest BCUT2D eigenvalue weighted by Crippen LogP contribution is 2.20. The summed E-state index contributed by atoms with van der Waals surface area (Å²) in [6.45, 7) is 0. The lowest BCUT2D eigenvalue weighted by Gasteiger charge is -2.09. The summed E-state index contributed by atoms with van der Waals surface area (Å²) < 4.78 is 0. The third-order valence-electron chi connectivity index (χ3n) is 2.20. The Labute approximate surface area is 103 Å². The van der Waals surface area contributed by atoms with Gasteiger partial charge in [0.2, 0.25) is 0 Å². The van der Waals surface area contributed by atoms with E-state index in [4.69, 9.17) is 17.3 Å². The molecule has 0 spiro atoms. The molecule has 1 heterocycles. The molecular formula is C12H10ClN3O. The summed E-state index contributed by atoms with van der Waals surface area (Å²) in [5.41, 5.74) is 7.09. The lowest BCUT2D eigenvalue weighted by Crippen LogP contribution is -2.13. The van der Waals surface area contributed by atoms with E-state index in [0.29, 0.717) is 16.4 Å². The van der Waals surface area contributed by atoms with Gasteiger partial charge in [0.25, 0.3) is 5.91 Å². The molecule has 1 aromatic heterocycles. The number of hydrogen-bond acceptors (Lipinski definition) is 3. The number of amides is 1. The molecule has 0 radical (unpaired) electrons. The van der Waals surface area contributed by atoms with Crippen molar-refractivity contribution < 1.29 is 4.79 Å². The number of pyridine rings is 1. The zero-order valence-electron chi connectivity index (χ0n) is 8.85. The van der Waals surface area contributed by atoms with E-state index in [-0.39, 0.29) is 0 Å². The summed E-state index contributed by atoms with van der Waals surface area (Å²) in [7, 11) is 0. The molecule has 0 fully saturated rings. The van der Waals surface area contributed by atoms with Crippen LogP contribution < -0.4 is 11.1 Å². The highest BCUT2D eigenvalue weighted by atomic mass is 35.5. The maximum atomic E-state index is 11.2. The molecule has 4 nitrogen and oxygen atoms in total. The highest BCUT2D eigenvalue weighted by molar-refractivity contribution is 6.29. The Bertz CT molecular complexity index is 540. The number of nitrogens with zero attached hydrogens (tertiary/aromatic N) is 1. The molecule has 5 heteroatoms. The van der Waals surface area contributed by atoms with Crippen molar-refractivity contribution in [3.63, 3.8) is 0 Å². The molecule has 3 N–H and O–H groups in total. The first kappa shape index (κ1) is 11.4. The van der Waals surface area contributed by atoms with Gasteiger partial charge in [0.15, 0.2) is 0 Å². The number of primary amides is 1. The fourth-order valence-corrected chi connectivity index (χ4v) is 1.52. The van der Waals surface area contributed by atoms with Gasteiger partial charge in [-0.1, -0.05) is 23.7 Å². The first-order valence-corrected chi connectivity index (χ1v) is 5.32. The zero-order chi connectivity index (χ0) is 12.3. The molecule has 0 saturated heterocycles. The van der Waals surface area contributed by atoms with Crippen LogP contribution in [0.2, 0.25) is 5.15 Å². The average Bonchev–Trinajstić information content (AvgIpc) is 2.32. The standard InChI is InChI=1S/C12H10ClN3O/c13-11-6-5-8(7-15-11)16-10-4-2-1-3-9(10)12(14)17/h1-7,16H,(H2,14,17). The predicted octanol–water partition coefficient (Wildman–Crippen LogP) is 2.58. The number of aromatic nitrogens is 1. The van der Waals surface area contributed by atoms with Gasteiger partial charge in [0.1, 0.15) is 5.15 Å². The van der Waals surface area contributed by atoms with Crippen molar-refractivity contribution in [1.82, 2.24) is 4.98 Å². The van der Waals surface area contributed by atoms with Gasteiger partial charge in [-0.3, -0.25) is 4.79 Å². The normalized spacial score (nSPS) is 9.94. The number of carbonyl (C=O) groups excluding carboxylic acids is 1. The van der Waals surface area contributed by atoms with Gasteiger partial charge in [-0.25, -0.2) is 4.98 Å². The molecular weight excluding hydrogens is 238 g/mol. The Kier molecular flexibility index (Phi) is 3.25. The topological polar surface area (TPSA) is 68.0 Å². The summed E-state index contributed by atoms with van der Waals surface area (Å²) in [5.74, 6) is -0.477. The Morgan fingerprint density at radius 3 is 2.65 bits per heavy atom. The Hall–Kier alpha value is -2.07. The smallest absolute Gasteiger partial charge is 0.250 e. The Morgan fingerprint density at radius 1 is 1.24 bits per heavy atom. The number of nitrogens with one attached hydrogen (secondary N) is 1. The molecule has 0 aliphatic rings. The van der Waals surface area contributed by atoms with E-state index in [1.54, 1.807) is 36.5 Å². The quantitative estimate of drug-likeness (QED) is 0.819. The third-order valence-corrected chi connectivity index (χ3v) is 2.42. The second kappa shape index (κ2) is 4.84. The van der Waals surface area contributed by atoms with Crippen LogP contribution in [0, 0.1) is 0 Å². The monoisotopic (exact) mass is 247 g/mol. The summed E-state index contributed by atoms with van der Waals surface area (Å²) in [6, 6.07) is 10.4. The molecule has 0 aliphatic heterocycles. The summed E-state index contributed by atoms with van der Waals surface area (Å²) in [6.07, 6.45) is 1.58. The van der Waals surface area contributed by atoms with Crippen molar-refractivity contribution in [1.29, 1.82) is 0 Å². The largest absolute Gasteiger partial charge is 0.366 e. The summed E-state index contributed by atoms with van der Waals surface area (Å²) in [5, 5.41) is 3.47. The zero-order valence-corrected chi connectivity index (χ0v) is 9.61. The van der Waals surface area contributed by atoms with E-state index in [1.165, 1.54) is 0 Å². The summed E-state index contributed by atoms with van der Waals surface area (Å²) >= 11 is 5.68. The van der Waals surface area contributed by atoms with Gasteiger partial charge in [-0.2, -0.15) is 0 Å². The lowest BCUT2D eigenvalue weighted by atomic mass is 10.1. The van der Waals surface area contributed by atoms with E-state index >= 15 is 0 Å². The maximum absolute atomic E-state index is 11.2. The fourth-order valence-electron chi connectivity index (χ4n) is 1.41. The van der Waals surface area contributed by atoms with Gasteiger partial charge in [-0.05, 0) is 24.3 Å². The second-order valence-electron chi connectivity index (χ2n) is 3.40. The van der Waals surface area contributed by atoms with Crippen LogP contribution in [0.25, 0.3) is 0 Å². The van der Waals surface area contributed by atoms with Gasteiger partial charge in [-0.15, -0.1) is 0 Å². The van der Waals surface area contributed by atoms with Crippen molar-refractivity contribution in [2.45, 2.75) is 0 Å². The van der Waals surface area contributed by atoms with Crippen LogP contribution in [0.15, 0.2) is 42.6 Å². The minimum absolute atomic E-state index is 0.415. The van der Waals surface area contributed by atoms with Gasteiger partial charge < -0.3 is 11.1 Å².